The van der Waals surface area contributed by atoms with Crippen LogP contribution >= 0.6 is 0 Å². The van der Waals surface area contributed by atoms with Crippen LogP contribution in [0.2, 0.25) is 0 Å². The van der Waals surface area contributed by atoms with Crippen molar-refractivity contribution in [1.29, 1.82) is 0 Å². The molecule has 6 heteroatoms. The van der Waals surface area contributed by atoms with Crippen molar-refractivity contribution >= 4 is 11.6 Å². The Morgan fingerprint density at radius 1 is 0.946 bits per heavy atom. The smallest absolute Gasteiger partial charge is 0.162 e. The molecule has 0 radical (unpaired) electrons. The Kier molecular flexibility index (Phi) is 7.70. The second-order valence-electron chi connectivity index (χ2n) is 12.0. The van der Waals surface area contributed by atoms with Gasteiger partial charge >= 0.3 is 0 Å². The van der Waals surface area contributed by atoms with Crippen molar-refractivity contribution in [2.45, 2.75) is 65.7 Å². The van der Waals surface area contributed by atoms with Gasteiger partial charge in [0.25, 0.3) is 0 Å². The molecule has 1 aromatic rings. The van der Waals surface area contributed by atoms with Crippen molar-refractivity contribution < 1.29 is 23.8 Å². The summed E-state index contributed by atoms with van der Waals surface area (Å²) in [5.41, 5.74) is 4.27. The number of hydrogen-bond acceptors (Lipinski definition) is 6. The maximum atomic E-state index is 13.9. The average molecular weight is 508 g/mol. The normalized spacial score (nSPS) is 21.1. The minimum absolute atomic E-state index is 0.128. The van der Waals surface area contributed by atoms with E-state index >= 15 is 0 Å². The fourth-order valence-electron chi connectivity index (χ4n) is 6.15. The van der Waals surface area contributed by atoms with Gasteiger partial charge in [-0.05, 0) is 47.8 Å². The second kappa shape index (κ2) is 10.5. The van der Waals surface area contributed by atoms with Crippen LogP contribution in [0.15, 0.2) is 53.4 Å². The molecular weight excluding hydrogens is 466 g/mol. The van der Waals surface area contributed by atoms with Gasteiger partial charge in [-0.15, -0.1) is 0 Å². The van der Waals surface area contributed by atoms with Gasteiger partial charge in [-0.2, -0.15) is 0 Å². The molecule has 0 saturated heterocycles. The molecule has 1 aliphatic heterocycles. The van der Waals surface area contributed by atoms with E-state index in [1.165, 1.54) is 0 Å². The fourth-order valence-corrected chi connectivity index (χ4v) is 6.15. The lowest BCUT2D eigenvalue weighted by Gasteiger charge is -2.49. The van der Waals surface area contributed by atoms with Crippen LogP contribution in [0.25, 0.3) is 0 Å². The van der Waals surface area contributed by atoms with Gasteiger partial charge in [-0.1, -0.05) is 46.4 Å². The number of benzene rings is 1. The number of Topliss-reactive ketones (excluding diaryl/α,β-unsaturated/α-hetero) is 2. The van der Waals surface area contributed by atoms with E-state index in [9.17, 15) is 9.59 Å². The number of methoxy groups -OCH3 is 2. The Balaban J connectivity index is 1.93. The van der Waals surface area contributed by atoms with Crippen molar-refractivity contribution in [2.24, 2.45) is 10.8 Å². The van der Waals surface area contributed by atoms with Crippen LogP contribution in [0, 0.1) is 10.8 Å². The molecule has 0 aromatic heterocycles. The molecule has 0 bridgehead atoms. The number of hydrogen-bond donors (Lipinski definition) is 0. The highest BCUT2D eigenvalue weighted by Crippen LogP contribution is 2.54. The maximum absolute atomic E-state index is 13.9. The van der Waals surface area contributed by atoms with E-state index in [1.807, 2.05) is 18.2 Å². The van der Waals surface area contributed by atoms with Gasteiger partial charge in [0.15, 0.2) is 23.1 Å². The lowest BCUT2D eigenvalue weighted by Crippen LogP contribution is -2.44. The van der Waals surface area contributed by atoms with Gasteiger partial charge in [-0.3, -0.25) is 9.59 Å². The Bertz CT molecular complexity index is 1100. The van der Waals surface area contributed by atoms with Gasteiger partial charge in [0.2, 0.25) is 0 Å². The summed E-state index contributed by atoms with van der Waals surface area (Å²) < 4.78 is 16.8. The summed E-state index contributed by atoms with van der Waals surface area (Å²) >= 11 is 0. The lowest BCUT2D eigenvalue weighted by atomic mass is 9.63. The molecule has 4 rings (SSSR count). The third kappa shape index (κ3) is 5.40. The van der Waals surface area contributed by atoms with E-state index in [0.29, 0.717) is 37.6 Å². The molecule has 6 nitrogen and oxygen atoms in total. The maximum Gasteiger partial charge on any atom is 0.162 e. The van der Waals surface area contributed by atoms with Crippen LogP contribution in [0.3, 0.4) is 0 Å². The van der Waals surface area contributed by atoms with Crippen molar-refractivity contribution in [2.75, 3.05) is 34.0 Å². The summed E-state index contributed by atoms with van der Waals surface area (Å²) in [6.07, 6.45) is 5.02. The highest BCUT2D eigenvalue weighted by molar-refractivity contribution is 6.06. The topological polar surface area (TPSA) is 65.1 Å². The summed E-state index contributed by atoms with van der Waals surface area (Å²) in [6, 6.07) is 5.78. The third-order valence-electron chi connectivity index (χ3n) is 7.63. The zero-order valence-electron chi connectivity index (χ0n) is 23.2. The molecule has 0 amide bonds. The Morgan fingerprint density at radius 2 is 1.54 bits per heavy atom. The standard InChI is InChI=1S/C31H41NO5/c1-8-13-37-25-11-10-20(15-26(25)36-7)27-28-21(16-30(2,3)18-23(28)33)32(12-9-14-35-6)22-17-31(4,5)19-24(34)29(22)27/h8,10-11,15,27H,1,9,12-14,16-19H2,2-7H3. The number of ketones is 2. The molecule has 0 atom stereocenters. The summed E-state index contributed by atoms with van der Waals surface area (Å²) in [4.78, 5) is 30.0. The molecule has 0 saturated carbocycles. The molecule has 37 heavy (non-hydrogen) atoms. The minimum Gasteiger partial charge on any atom is -0.493 e. The number of carbonyl (C=O) groups excluding carboxylic acids is 2. The van der Waals surface area contributed by atoms with Gasteiger partial charge in [0, 0.05) is 61.6 Å². The van der Waals surface area contributed by atoms with Crippen LogP contribution in [0.4, 0.5) is 0 Å². The van der Waals surface area contributed by atoms with E-state index in [0.717, 1.165) is 53.9 Å². The molecule has 200 valence electrons. The molecule has 1 aromatic carbocycles. The van der Waals surface area contributed by atoms with E-state index < -0.39 is 5.92 Å². The van der Waals surface area contributed by atoms with Crippen LogP contribution in [0.5, 0.6) is 11.5 Å². The van der Waals surface area contributed by atoms with Crippen molar-refractivity contribution in [1.82, 2.24) is 4.90 Å². The molecule has 3 aliphatic rings. The van der Waals surface area contributed by atoms with Crippen LogP contribution in [-0.4, -0.2) is 50.4 Å². The summed E-state index contributed by atoms with van der Waals surface area (Å²) in [7, 11) is 3.31. The number of nitrogens with zero attached hydrogens (tertiary/aromatic N) is 1. The van der Waals surface area contributed by atoms with E-state index in [4.69, 9.17) is 14.2 Å². The van der Waals surface area contributed by atoms with Gasteiger partial charge < -0.3 is 19.1 Å². The van der Waals surface area contributed by atoms with Crippen molar-refractivity contribution in [3.8, 4) is 11.5 Å². The minimum atomic E-state index is -0.404. The highest BCUT2D eigenvalue weighted by Gasteiger charge is 2.48. The van der Waals surface area contributed by atoms with E-state index in [1.54, 1.807) is 20.3 Å². The van der Waals surface area contributed by atoms with Gasteiger partial charge in [-0.25, -0.2) is 0 Å². The molecule has 0 fully saturated rings. The summed E-state index contributed by atoms with van der Waals surface area (Å²) in [6.45, 7) is 14.1. The zero-order valence-corrected chi connectivity index (χ0v) is 23.2. The van der Waals surface area contributed by atoms with Crippen LogP contribution < -0.4 is 9.47 Å². The van der Waals surface area contributed by atoms with Crippen LogP contribution in [-0.2, 0) is 14.3 Å². The third-order valence-corrected chi connectivity index (χ3v) is 7.63. The zero-order chi connectivity index (χ0) is 27.0. The summed E-state index contributed by atoms with van der Waals surface area (Å²) in [5.74, 6) is 1.04. The van der Waals surface area contributed by atoms with E-state index in [-0.39, 0.29) is 22.4 Å². The van der Waals surface area contributed by atoms with Gasteiger partial charge in [0.05, 0.1) is 7.11 Å². The molecule has 0 N–H and O–H groups in total. The molecule has 0 spiro atoms. The first-order valence-corrected chi connectivity index (χ1v) is 13.2. The SMILES string of the molecule is C=CCOc1ccc(C2C3=C(CC(C)(C)CC3=O)N(CCCOC)C3=C2C(=O)CC(C)(C)C3)cc1OC. The Hall–Kier alpha value is -2.86. The average Bonchev–Trinajstić information content (AvgIpc) is 2.81. The highest BCUT2D eigenvalue weighted by atomic mass is 16.5. The van der Waals surface area contributed by atoms with E-state index in [2.05, 4.69) is 39.2 Å². The second-order valence-corrected chi connectivity index (χ2v) is 12.0. The Labute approximate surface area is 221 Å². The number of allylic oxidation sites excluding steroid dienone is 4. The molecular formula is C31H41NO5. The first-order chi connectivity index (χ1) is 17.5. The quantitative estimate of drug-likeness (QED) is 0.303. The van der Waals surface area contributed by atoms with Crippen LogP contribution in [0.1, 0.15) is 71.3 Å². The fraction of sp³-hybridized carbons (Fsp3) is 0.548. The number of ether oxygens (including phenoxy) is 3. The first kappa shape index (κ1) is 27.2. The molecule has 2 aliphatic carbocycles. The predicted molar refractivity (Wildman–Crippen MR) is 145 cm³/mol. The first-order valence-electron chi connectivity index (χ1n) is 13.2. The molecule has 0 unspecified atom stereocenters. The number of rotatable bonds is 9. The summed E-state index contributed by atoms with van der Waals surface area (Å²) in [5, 5.41) is 0. The monoisotopic (exact) mass is 507 g/mol. The predicted octanol–water partition coefficient (Wildman–Crippen LogP) is 5.98. The number of carbonyl (C=O) groups is 2. The lowest BCUT2D eigenvalue weighted by molar-refractivity contribution is -0.119. The van der Waals surface area contributed by atoms with Crippen molar-refractivity contribution in [3.05, 3.63) is 59.0 Å². The van der Waals surface area contributed by atoms with Crippen molar-refractivity contribution in [3.63, 3.8) is 0 Å². The Morgan fingerprint density at radius 3 is 2.05 bits per heavy atom. The largest absolute Gasteiger partial charge is 0.493 e. The molecule has 1 heterocycles. The van der Waals surface area contributed by atoms with Gasteiger partial charge in [0.1, 0.15) is 6.61 Å².